The van der Waals surface area contributed by atoms with Gasteiger partial charge in [-0.25, -0.2) is 4.98 Å². The van der Waals surface area contributed by atoms with Crippen LogP contribution in [0.15, 0.2) is 18.3 Å². The molecule has 1 aromatic heterocycles. The van der Waals surface area contributed by atoms with Gasteiger partial charge >= 0.3 is 0 Å². The molecule has 5 nitrogen and oxygen atoms in total. The number of hydrogen-bond donors (Lipinski definition) is 2. The quantitative estimate of drug-likeness (QED) is 0.801. The summed E-state index contributed by atoms with van der Waals surface area (Å²) in [5.41, 5.74) is 1.16. The van der Waals surface area contributed by atoms with Gasteiger partial charge in [-0.3, -0.25) is 4.79 Å². The fourth-order valence-corrected chi connectivity index (χ4v) is 1.32. The maximum Gasteiger partial charge on any atom is 0.221 e. The smallest absolute Gasteiger partial charge is 0.221 e. The number of amides is 1. The fraction of sp³-hybridized carbons (Fsp3) is 0.417. The third kappa shape index (κ3) is 4.98. The minimum Gasteiger partial charge on any atom is -0.384 e. The van der Waals surface area contributed by atoms with Crippen LogP contribution in [-0.2, 0) is 4.79 Å². The van der Waals surface area contributed by atoms with E-state index in [1.165, 1.54) is 0 Å². The van der Waals surface area contributed by atoms with Crippen molar-refractivity contribution in [3.63, 3.8) is 0 Å². The molecule has 0 spiro atoms. The van der Waals surface area contributed by atoms with Gasteiger partial charge in [0.25, 0.3) is 0 Å². The van der Waals surface area contributed by atoms with Gasteiger partial charge in [-0.1, -0.05) is 0 Å². The molecular formula is C12H16N4O. The van der Waals surface area contributed by atoms with Crippen LogP contribution >= 0.6 is 0 Å². The van der Waals surface area contributed by atoms with Gasteiger partial charge in [-0.05, 0) is 26.0 Å². The summed E-state index contributed by atoms with van der Waals surface area (Å²) in [7, 11) is 0. The van der Waals surface area contributed by atoms with Crippen molar-refractivity contribution in [3.8, 4) is 6.07 Å². The van der Waals surface area contributed by atoms with Gasteiger partial charge in [0.1, 0.15) is 11.8 Å². The van der Waals surface area contributed by atoms with E-state index in [4.69, 9.17) is 5.26 Å². The van der Waals surface area contributed by atoms with Crippen molar-refractivity contribution in [3.05, 3.63) is 24.0 Å². The molecule has 17 heavy (non-hydrogen) atoms. The predicted molar refractivity (Wildman–Crippen MR) is 65.3 cm³/mol. The van der Waals surface area contributed by atoms with E-state index < -0.39 is 0 Å². The molecule has 0 fully saturated rings. The monoisotopic (exact) mass is 232 g/mol. The second-order valence-electron chi connectivity index (χ2n) is 3.94. The van der Waals surface area contributed by atoms with Crippen LogP contribution in [0.1, 0.15) is 26.0 Å². The van der Waals surface area contributed by atoms with Crippen molar-refractivity contribution in [2.24, 2.45) is 0 Å². The van der Waals surface area contributed by atoms with E-state index in [1.807, 2.05) is 19.9 Å². The number of nitrogens with one attached hydrogen (secondary N) is 2. The Morgan fingerprint density at radius 3 is 3.00 bits per heavy atom. The number of aromatic nitrogens is 1. The molecule has 2 N–H and O–H groups in total. The molecule has 0 aliphatic heterocycles. The summed E-state index contributed by atoms with van der Waals surface area (Å²) in [5.74, 6) is 0.0158. The maximum atomic E-state index is 11.4. The van der Waals surface area contributed by atoms with E-state index in [9.17, 15) is 4.79 Å². The number of carbonyl (C=O) groups excluding carboxylic acids is 1. The molecule has 0 aromatic carbocycles. The van der Waals surface area contributed by atoms with E-state index >= 15 is 0 Å². The van der Waals surface area contributed by atoms with E-state index in [1.54, 1.807) is 18.3 Å². The molecule has 0 bridgehead atoms. The van der Waals surface area contributed by atoms with Gasteiger partial charge < -0.3 is 10.6 Å². The molecule has 0 unspecified atom stereocenters. The molecule has 0 saturated carbocycles. The zero-order valence-electron chi connectivity index (χ0n) is 10.0. The Morgan fingerprint density at radius 2 is 2.35 bits per heavy atom. The minimum absolute atomic E-state index is 0.0158. The molecule has 5 heteroatoms. The third-order valence-corrected chi connectivity index (χ3v) is 2.01. The number of pyridine rings is 1. The van der Waals surface area contributed by atoms with Crippen molar-refractivity contribution in [2.45, 2.75) is 26.3 Å². The first-order valence-electron chi connectivity index (χ1n) is 5.51. The highest BCUT2D eigenvalue weighted by Crippen LogP contribution is 2.06. The topological polar surface area (TPSA) is 77.8 Å². The lowest BCUT2D eigenvalue weighted by molar-refractivity contribution is -0.121. The molecule has 0 aliphatic carbocycles. The van der Waals surface area contributed by atoms with E-state index in [-0.39, 0.29) is 11.9 Å². The van der Waals surface area contributed by atoms with Gasteiger partial charge in [0.15, 0.2) is 0 Å². The summed E-state index contributed by atoms with van der Waals surface area (Å²) >= 11 is 0. The van der Waals surface area contributed by atoms with Crippen LogP contribution in [0, 0.1) is 11.3 Å². The zero-order valence-corrected chi connectivity index (χ0v) is 10.0. The van der Waals surface area contributed by atoms with E-state index in [0.29, 0.717) is 18.7 Å². The Labute approximate surface area is 101 Å². The first-order valence-corrected chi connectivity index (χ1v) is 5.51. The summed E-state index contributed by atoms with van der Waals surface area (Å²) in [5, 5.41) is 14.5. The van der Waals surface area contributed by atoms with Crippen LogP contribution in [-0.4, -0.2) is 23.5 Å². The van der Waals surface area contributed by atoms with Crippen LogP contribution < -0.4 is 10.6 Å². The van der Waals surface area contributed by atoms with Gasteiger partial charge in [0, 0.05) is 30.9 Å². The Kier molecular flexibility index (Phi) is 4.95. The lowest BCUT2D eigenvalue weighted by Crippen LogP contribution is -2.31. The first kappa shape index (κ1) is 13.0. The molecule has 0 saturated heterocycles. The van der Waals surface area contributed by atoms with Gasteiger partial charge in [-0.15, -0.1) is 0 Å². The SMILES string of the molecule is CC(C)NC(=O)CCNc1ccnc(C#N)c1. The molecule has 0 aliphatic rings. The van der Waals surface area contributed by atoms with Crippen molar-refractivity contribution >= 4 is 11.6 Å². The number of nitriles is 1. The van der Waals surface area contributed by atoms with Gasteiger partial charge in [0.05, 0.1) is 0 Å². The molecule has 90 valence electrons. The fourth-order valence-electron chi connectivity index (χ4n) is 1.32. The highest BCUT2D eigenvalue weighted by molar-refractivity contribution is 5.76. The Balaban J connectivity index is 2.36. The number of carbonyl (C=O) groups is 1. The van der Waals surface area contributed by atoms with Gasteiger partial charge in [0.2, 0.25) is 5.91 Å². The lowest BCUT2D eigenvalue weighted by Gasteiger charge is -2.09. The second-order valence-corrected chi connectivity index (χ2v) is 3.94. The average Bonchev–Trinajstić information content (AvgIpc) is 2.28. The summed E-state index contributed by atoms with van der Waals surface area (Å²) < 4.78 is 0. The summed E-state index contributed by atoms with van der Waals surface area (Å²) in [6, 6.07) is 5.54. The van der Waals surface area contributed by atoms with Gasteiger partial charge in [-0.2, -0.15) is 5.26 Å². The first-order chi connectivity index (χ1) is 8.11. The summed E-state index contributed by atoms with van der Waals surface area (Å²) in [6.07, 6.45) is 1.97. The highest BCUT2D eigenvalue weighted by Gasteiger charge is 2.02. The van der Waals surface area contributed by atoms with Crippen molar-refractivity contribution in [1.82, 2.24) is 10.3 Å². The number of anilines is 1. The van der Waals surface area contributed by atoms with E-state index in [2.05, 4.69) is 15.6 Å². The summed E-state index contributed by atoms with van der Waals surface area (Å²) in [6.45, 7) is 4.38. The third-order valence-electron chi connectivity index (χ3n) is 2.01. The molecule has 0 radical (unpaired) electrons. The minimum atomic E-state index is 0.0158. The number of hydrogen-bond acceptors (Lipinski definition) is 4. The Morgan fingerprint density at radius 1 is 1.59 bits per heavy atom. The van der Waals surface area contributed by atoms with Crippen LogP contribution in [0.3, 0.4) is 0 Å². The molecule has 0 atom stereocenters. The van der Waals surface area contributed by atoms with Crippen molar-refractivity contribution < 1.29 is 4.79 Å². The van der Waals surface area contributed by atoms with E-state index in [0.717, 1.165) is 5.69 Å². The molecule has 1 rings (SSSR count). The average molecular weight is 232 g/mol. The second kappa shape index (κ2) is 6.48. The number of nitrogens with zero attached hydrogens (tertiary/aromatic N) is 2. The van der Waals surface area contributed by atoms with Crippen LogP contribution in [0.2, 0.25) is 0 Å². The zero-order chi connectivity index (χ0) is 12.7. The maximum absolute atomic E-state index is 11.4. The van der Waals surface area contributed by atoms with Crippen LogP contribution in [0.25, 0.3) is 0 Å². The Bertz CT molecular complexity index is 423. The summed E-state index contributed by atoms with van der Waals surface area (Å²) in [4.78, 5) is 15.2. The van der Waals surface area contributed by atoms with Crippen LogP contribution in [0.5, 0.6) is 0 Å². The van der Waals surface area contributed by atoms with Crippen LogP contribution in [0.4, 0.5) is 5.69 Å². The molecule has 1 amide bonds. The standard InChI is InChI=1S/C12H16N4O/c1-9(2)16-12(17)4-6-14-10-3-5-15-11(7-10)8-13/h3,5,7,9H,4,6H2,1-2H3,(H,14,15)(H,16,17). The molecule has 1 heterocycles. The number of rotatable bonds is 5. The largest absolute Gasteiger partial charge is 0.384 e. The lowest BCUT2D eigenvalue weighted by atomic mass is 10.3. The molecule has 1 aromatic rings. The molecular weight excluding hydrogens is 216 g/mol. The Hall–Kier alpha value is -2.09. The normalized spacial score (nSPS) is 9.76. The predicted octanol–water partition coefficient (Wildman–Crippen LogP) is 1.28. The van der Waals surface area contributed by atoms with Crippen molar-refractivity contribution in [2.75, 3.05) is 11.9 Å². The van der Waals surface area contributed by atoms with Crippen molar-refractivity contribution in [1.29, 1.82) is 5.26 Å². The highest BCUT2D eigenvalue weighted by atomic mass is 16.1.